The van der Waals surface area contributed by atoms with Gasteiger partial charge in [-0.25, -0.2) is 0 Å². The van der Waals surface area contributed by atoms with Gasteiger partial charge in [-0.1, -0.05) is 12.1 Å². The second kappa shape index (κ2) is 12.2. The van der Waals surface area contributed by atoms with Crippen LogP contribution < -0.4 is 15.4 Å². The average molecular weight is 475 g/mol. The zero-order valence-corrected chi connectivity index (χ0v) is 19.1. The van der Waals surface area contributed by atoms with Gasteiger partial charge in [-0.2, -0.15) is 0 Å². The van der Waals surface area contributed by atoms with Crippen LogP contribution >= 0.6 is 11.8 Å². The van der Waals surface area contributed by atoms with Crippen molar-refractivity contribution in [2.24, 2.45) is 0 Å². The summed E-state index contributed by atoms with van der Waals surface area (Å²) in [4.78, 5) is 38.3. The van der Waals surface area contributed by atoms with Gasteiger partial charge in [-0.15, -0.1) is 11.8 Å². The summed E-state index contributed by atoms with van der Waals surface area (Å²) in [5.74, 6) is -0.191. The molecule has 1 fully saturated rings. The fourth-order valence-electron chi connectivity index (χ4n) is 3.24. The van der Waals surface area contributed by atoms with E-state index in [4.69, 9.17) is 9.47 Å². The summed E-state index contributed by atoms with van der Waals surface area (Å²) in [6.07, 6.45) is 0. The number of hydrogen-bond acceptors (Lipinski definition) is 8. The number of nitro groups is 1. The SMILES string of the molecule is COc1ccccc1NC(=O)c1ccc(SCC(=O)NCCN2CCOCC2)c([N+](=O)[O-])c1. The summed E-state index contributed by atoms with van der Waals surface area (Å²) in [7, 11) is 1.49. The van der Waals surface area contributed by atoms with Crippen molar-refractivity contribution in [1.82, 2.24) is 10.2 Å². The van der Waals surface area contributed by atoms with Gasteiger partial charge >= 0.3 is 0 Å². The van der Waals surface area contributed by atoms with Crippen LogP contribution in [0.5, 0.6) is 5.75 Å². The van der Waals surface area contributed by atoms with Crippen molar-refractivity contribution in [3.63, 3.8) is 0 Å². The van der Waals surface area contributed by atoms with Crippen LogP contribution in [0.15, 0.2) is 47.4 Å². The monoisotopic (exact) mass is 474 g/mol. The van der Waals surface area contributed by atoms with E-state index in [1.165, 1.54) is 25.3 Å². The normalized spacial score (nSPS) is 13.8. The number of methoxy groups -OCH3 is 1. The molecule has 2 aromatic rings. The molecule has 176 valence electrons. The van der Waals surface area contributed by atoms with Crippen LogP contribution in [0.25, 0.3) is 0 Å². The molecule has 0 aliphatic carbocycles. The highest BCUT2D eigenvalue weighted by atomic mass is 32.2. The van der Waals surface area contributed by atoms with Crippen LogP contribution in [0.3, 0.4) is 0 Å². The van der Waals surface area contributed by atoms with E-state index in [0.29, 0.717) is 36.1 Å². The molecular formula is C22H26N4O6S. The third-order valence-electron chi connectivity index (χ3n) is 4.99. The number of carbonyl (C=O) groups is 2. The van der Waals surface area contributed by atoms with Gasteiger partial charge in [0, 0.05) is 37.8 Å². The van der Waals surface area contributed by atoms with Gasteiger partial charge in [0.2, 0.25) is 5.91 Å². The lowest BCUT2D eigenvalue weighted by molar-refractivity contribution is -0.387. The largest absolute Gasteiger partial charge is 0.495 e. The molecule has 1 aliphatic heterocycles. The molecule has 10 nitrogen and oxygen atoms in total. The van der Waals surface area contributed by atoms with Crippen LogP contribution in [0.4, 0.5) is 11.4 Å². The fourth-order valence-corrected chi connectivity index (χ4v) is 4.07. The summed E-state index contributed by atoms with van der Waals surface area (Å²) < 4.78 is 10.5. The van der Waals surface area contributed by atoms with E-state index < -0.39 is 10.8 Å². The Morgan fingerprint density at radius 1 is 1.21 bits per heavy atom. The van der Waals surface area contributed by atoms with Crippen molar-refractivity contribution < 1.29 is 24.0 Å². The molecule has 2 amide bonds. The highest BCUT2D eigenvalue weighted by molar-refractivity contribution is 8.00. The Morgan fingerprint density at radius 2 is 1.97 bits per heavy atom. The van der Waals surface area contributed by atoms with Crippen molar-refractivity contribution in [3.05, 3.63) is 58.1 Å². The highest BCUT2D eigenvalue weighted by Gasteiger charge is 2.20. The number of hydrogen-bond donors (Lipinski definition) is 2. The first-order valence-corrected chi connectivity index (χ1v) is 11.4. The minimum atomic E-state index is -0.557. The van der Waals surface area contributed by atoms with Gasteiger partial charge in [0.15, 0.2) is 0 Å². The number of benzene rings is 2. The number of carbonyl (C=O) groups excluding carboxylic acids is 2. The number of nitro benzene ring substituents is 1. The number of amides is 2. The first-order valence-electron chi connectivity index (χ1n) is 10.4. The van der Waals surface area contributed by atoms with E-state index in [2.05, 4.69) is 15.5 Å². The summed E-state index contributed by atoms with van der Waals surface area (Å²) in [5, 5.41) is 17.1. The van der Waals surface area contributed by atoms with Crippen LogP contribution in [0, 0.1) is 10.1 Å². The predicted octanol–water partition coefficient (Wildman–Crippen LogP) is 2.40. The molecule has 11 heteroatoms. The van der Waals surface area contributed by atoms with Crippen LogP contribution in [-0.2, 0) is 9.53 Å². The van der Waals surface area contributed by atoms with E-state index in [9.17, 15) is 19.7 Å². The van der Waals surface area contributed by atoms with Crippen LogP contribution in [0.2, 0.25) is 0 Å². The number of ether oxygens (including phenoxy) is 2. The smallest absolute Gasteiger partial charge is 0.283 e. The lowest BCUT2D eigenvalue weighted by atomic mass is 10.2. The highest BCUT2D eigenvalue weighted by Crippen LogP contribution is 2.31. The summed E-state index contributed by atoms with van der Waals surface area (Å²) >= 11 is 1.06. The third-order valence-corrected chi connectivity index (χ3v) is 6.05. The minimum absolute atomic E-state index is 0.0384. The Bertz CT molecular complexity index is 997. The molecular weight excluding hydrogens is 448 g/mol. The molecule has 0 saturated carbocycles. The van der Waals surface area contributed by atoms with Crippen molar-refractivity contribution in [2.75, 3.05) is 57.6 Å². The fraction of sp³-hybridized carbons (Fsp3) is 0.364. The quantitative estimate of drug-likeness (QED) is 0.306. The van der Waals surface area contributed by atoms with Crippen LogP contribution in [0.1, 0.15) is 10.4 Å². The number of nitrogens with zero attached hydrogens (tertiary/aromatic N) is 2. The standard InChI is InChI=1S/C22H26N4O6S/c1-31-19-5-3-2-4-17(19)24-22(28)16-6-7-20(18(14-16)26(29)30)33-15-21(27)23-8-9-25-10-12-32-13-11-25/h2-7,14H,8-13,15H2,1H3,(H,23,27)(H,24,28). The maximum atomic E-state index is 12.6. The number of thioether (sulfide) groups is 1. The second-order valence-corrected chi connectivity index (χ2v) is 8.20. The van der Waals surface area contributed by atoms with Gasteiger partial charge in [0.1, 0.15) is 5.75 Å². The van der Waals surface area contributed by atoms with Gasteiger partial charge in [0.05, 0.1) is 41.6 Å². The third kappa shape index (κ3) is 7.17. The summed E-state index contributed by atoms with van der Waals surface area (Å²) in [5.41, 5.74) is 0.362. The van der Waals surface area contributed by atoms with E-state index in [-0.39, 0.29) is 22.9 Å². The van der Waals surface area contributed by atoms with E-state index >= 15 is 0 Å². The van der Waals surface area contributed by atoms with E-state index in [0.717, 1.165) is 31.4 Å². The maximum absolute atomic E-state index is 12.6. The number of nitrogens with one attached hydrogen (secondary N) is 2. The lowest BCUT2D eigenvalue weighted by Crippen LogP contribution is -2.41. The molecule has 0 aromatic heterocycles. The van der Waals surface area contributed by atoms with Crippen molar-refractivity contribution in [2.45, 2.75) is 4.90 Å². The zero-order valence-electron chi connectivity index (χ0n) is 18.2. The zero-order chi connectivity index (χ0) is 23.6. The molecule has 1 aliphatic rings. The van der Waals surface area contributed by atoms with Crippen LogP contribution in [-0.4, -0.2) is 73.9 Å². The molecule has 1 heterocycles. The molecule has 33 heavy (non-hydrogen) atoms. The Morgan fingerprint density at radius 3 is 2.70 bits per heavy atom. The lowest BCUT2D eigenvalue weighted by Gasteiger charge is -2.26. The molecule has 1 saturated heterocycles. The molecule has 2 N–H and O–H groups in total. The van der Waals surface area contributed by atoms with Gasteiger partial charge in [0.25, 0.3) is 11.6 Å². The molecule has 3 rings (SSSR count). The first kappa shape index (κ1) is 24.5. The Hall–Kier alpha value is -3.15. The number of para-hydroxylation sites is 2. The molecule has 0 spiro atoms. The minimum Gasteiger partial charge on any atom is -0.495 e. The number of morpholine rings is 1. The number of rotatable bonds is 10. The molecule has 0 unspecified atom stereocenters. The summed E-state index contributed by atoms with van der Waals surface area (Å²) in [6.45, 7) is 4.31. The number of anilines is 1. The molecule has 0 atom stereocenters. The predicted molar refractivity (Wildman–Crippen MR) is 125 cm³/mol. The summed E-state index contributed by atoms with van der Waals surface area (Å²) in [6, 6.07) is 11.1. The topological polar surface area (TPSA) is 123 Å². The second-order valence-electron chi connectivity index (χ2n) is 7.19. The van der Waals surface area contributed by atoms with Crippen molar-refractivity contribution in [3.8, 4) is 5.75 Å². The maximum Gasteiger partial charge on any atom is 0.283 e. The van der Waals surface area contributed by atoms with Gasteiger partial charge < -0.3 is 20.1 Å². The molecule has 2 aromatic carbocycles. The van der Waals surface area contributed by atoms with Crippen molar-refractivity contribution in [1.29, 1.82) is 0 Å². The van der Waals surface area contributed by atoms with Gasteiger partial charge in [-0.3, -0.25) is 24.6 Å². The van der Waals surface area contributed by atoms with E-state index in [1.54, 1.807) is 24.3 Å². The Labute approximate surface area is 195 Å². The Kier molecular flexibility index (Phi) is 9.04. The first-order chi connectivity index (χ1) is 16.0. The average Bonchev–Trinajstić information content (AvgIpc) is 2.83. The van der Waals surface area contributed by atoms with E-state index in [1.807, 2.05) is 0 Å². The molecule has 0 bridgehead atoms. The Balaban J connectivity index is 1.57. The van der Waals surface area contributed by atoms with Gasteiger partial charge in [-0.05, 0) is 24.3 Å². The molecule has 0 radical (unpaired) electrons. The van der Waals surface area contributed by atoms with Crippen molar-refractivity contribution >= 4 is 35.0 Å².